The van der Waals surface area contributed by atoms with Gasteiger partial charge in [0.05, 0.1) is 12.7 Å². The van der Waals surface area contributed by atoms with Crippen LogP contribution in [0.5, 0.6) is 11.5 Å². The van der Waals surface area contributed by atoms with Gasteiger partial charge in [0.15, 0.2) is 5.78 Å². The summed E-state index contributed by atoms with van der Waals surface area (Å²) in [5.41, 5.74) is 1.82. The average Bonchev–Trinajstić information content (AvgIpc) is 3.21. The topological polar surface area (TPSA) is 83.8 Å². The van der Waals surface area contributed by atoms with E-state index in [1.165, 1.54) is 25.3 Å². The Morgan fingerprint density at radius 2 is 1.85 bits per heavy atom. The van der Waals surface area contributed by atoms with Crippen molar-refractivity contribution in [1.29, 1.82) is 0 Å². The van der Waals surface area contributed by atoms with E-state index in [0.29, 0.717) is 11.1 Å². The van der Waals surface area contributed by atoms with Crippen LogP contribution < -0.4 is 0 Å². The number of thiophene rings is 1. The van der Waals surface area contributed by atoms with Gasteiger partial charge in [0.25, 0.3) is 0 Å². The van der Waals surface area contributed by atoms with Crippen LogP contribution in [0.25, 0.3) is 10.4 Å². The lowest BCUT2D eigenvalue weighted by Gasteiger charge is -2.09. The number of aryl methyl sites for hydroxylation is 1. The van der Waals surface area contributed by atoms with Crippen molar-refractivity contribution in [2.45, 2.75) is 12.8 Å². The number of esters is 1. The van der Waals surface area contributed by atoms with E-state index in [1.807, 2.05) is 17.5 Å². The normalized spacial score (nSPS) is 10.6. The molecule has 27 heavy (non-hydrogen) atoms. The summed E-state index contributed by atoms with van der Waals surface area (Å²) < 4.78 is 4.60. The lowest BCUT2D eigenvalue weighted by Crippen LogP contribution is -2.05. The quantitative estimate of drug-likeness (QED) is 0.494. The van der Waals surface area contributed by atoms with Crippen molar-refractivity contribution in [2.75, 3.05) is 7.11 Å². The highest BCUT2D eigenvalue weighted by Crippen LogP contribution is 2.31. The molecule has 0 aliphatic heterocycles. The molecule has 2 aromatic carbocycles. The van der Waals surface area contributed by atoms with Crippen LogP contribution >= 0.6 is 11.3 Å². The van der Waals surface area contributed by atoms with Crippen molar-refractivity contribution in [1.82, 2.24) is 0 Å². The maximum atomic E-state index is 12.8. The van der Waals surface area contributed by atoms with Gasteiger partial charge in [-0.25, -0.2) is 0 Å². The number of benzene rings is 2. The number of phenolic OH excluding ortho intramolecular Hbond substituents is 2. The summed E-state index contributed by atoms with van der Waals surface area (Å²) in [6, 6.07) is 13.2. The molecule has 0 radical (unpaired) electrons. The SMILES string of the molecule is COC(=O)CCc1cc(C(=O)c2ccc(-c3cccs3)cc2O)ccc1O. The Kier molecular flexibility index (Phi) is 5.57. The van der Waals surface area contributed by atoms with E-state index in [4.69, 9.17) is 0 Å². The molecule has 138 valence electrons. The van der Waals surface area contributed by atoms with Crippen LogP contribution in [0.3, 0.4) is 0 Å². The Hall–Kier alpha value is -3.12. The molecule has 3 rings (SSSR count). The monoisotopic (exact) mass is 382 g/mol. The van der Waals surface area contributed by atoms with E-state index in [0.717, 1.165) is 10.4 Å². The highest BCUT2D eigenvalue weighted by Gasteiger charge is 2.17. The number of methoxy groups -OCH3 is 1. The summed E-state index contributed by atoms with van der Waals surface area (Å²) in [4.78, 5) is 25.1. The van der Waals surface area contributed by atoms with Gasteiger partial charge in [0.1, 0.15) is 11.5 Å². The van der Waals surface area contributed by atoms with Crippen molar-refractivity contribution in [2.24, 2.45) is 0 Å². The molecule has 0 saturated heterocycles. The fourth-order valence-corrected chi connectivity index (χ4v) is 3.46. The molecule has 5 nitrogen and oxygen atoms in total. The minimum absolute atomic E-state index is 0.00715. The van der Waals surface area contributed by atoms with Crippen LogP contribution in [0.4, 0.5) is 0 Å². The van der Waals surface area contributed by atoms with Crippen molar-refractivity contribution in [3.63, 3.8) is 0 Å². The van der Waals surface area contributed by atoms with E-state index >= 15 is 0 Å². The number of rotatable bonds is 6. The van der Waals surface area contributed by atoms with Gasteiger partial charge in [-0.15, -0.1) is 11.3 Å². The molecule has 0 aliphatic rings. The first-order valence-corrected chi connectivity index (χ1v) is 9.18. The number of carbonyl (C=O) groups is 2. The number of hydrogen-bond donors (Lipinski definition) is 2. The average molecular weight is 382 g/mol. The molecule has 1 heterocycles. The predicted octanol–water partition coefficient (Wildman–Crippen LogP) is 4.16. The van der Waals surface area contributed by atoms with Crippen molar-refractivity contribution < 1.29 is 24.5 Å². The molecule has 2 N–H and O–H groups in total. The van der Waals surface area contributed by atoms with Crippen molar-refractivity contribution in [3.8, 4) is 21.9 Å². The zero-order chi connectivity index (χ0) is 19.4. The first-order valence-electron chi connectivity index (χ1n) is 8.30. The Balaban J connectivity index is 1.86. The number of aromatic hydroxyl groups is 2. The predicted molar refractivity (Wildman–Crippen MR) is 103 cm³/mol. The largest absolute Gasteiger partial charge is 0.508 e. The van der Waals surface area contributed by atoms with Crippen LogP contribution in [-0.2, 0) is 16.0 Å². The third-order valence-electron chi connectivity index (χ3n) is 4.22. The third-order valence-corrected chi connectivity index (χ3v) is 5.13. The van der Waals surface area contributed by atoms with Crippen molar-refractivity contribution >= 4 is 23.1 Å². The Morgan fingerprint density at radius 1 is 1.04 bits per heavy atom. The number of carbonyl (C=O) groups excluding carboxylic acids is 2. The van der Waals surface area contributed by atoms with Gasteiger partial charge in [-0.05, 0) is 59.3 Å². The van der Waals surface area contributed by atoms with Gasteiger partial charge >= 0.3 is 5.97 Å². The molecule has 0 bridgehead atoms. The highest BCUT2D eigenvalue weighted by molar-refractivity contribution is 7.13. The van der Waals surface area contributed by atoms with E-state index in [2.05, 4.69) is 4.74 Å². The number of ether oxygens (including phenoxy) is 1. The smallest absolute Gasteiger partial charge is 0.305 e. The number of ketones is 1. The van der Waals surface area contributed by atoms with Crippen LogP contribution in [0.15, 0.2) is 53.9 Å². The highest BCUT2D eigenvalue weighted by atomic mass is 32.1. The van der Waals surface area contributed by atoms with Gasteiger partial charge in [0, 0.05) is 16.9 Å². The van der Waals surface area contributed by atoms with E-state index < -0.39 is 5.97 Å². The van der Waals surface area contributed by atoms with E-state index in [1.54, 1.807) is 29.5 Å². The van der Waals surface area contributed by atoms with Crippen molar-refractivity contribution in [3.05, 3.63) is 70.6 Å². The first kappa shape index (κ1) is 18.7. The first-order chi connectivity index (χ1) is 13.0. The molecule has 0 atom stereocenters. The number of hydrogen-bond acceptors (Lipinski definition) is 6. The summed E-state index contributed by atoms with van der Waals surface area (Å²) in [5, 5.41) is 22.2. The van der Waals surface area contributed by atoms with Gasteiger partial charge in [-0.1, -0.05) is 12.1 Å². The summed E-state index contributed by atoms with van der Waals surface area (Å²) in [6.07, 6.45) is 0.353. The maximum Gasteiger partial charge on any atom is 0.305 e. The summed E-state index contributed by atoms with van der Waals surface area (Å²) >= 11 is 1.55. The molecule has 0 amide bonds. The third kappa shape index (κ3) is 4.17. The van der Waals surface area contributed by atoms with E-state index in [9.17, 15) is 19.8 Å². The van der Waals surface area contributed by atoms with Gasteiger partial charge < -0.3 is 14.9 Å². The summed E-state index contributed by atoms with van der Waals surface area (Å²) in [5.74, 6) is -0.847. The van der Waals surface area contributed by atoms with Crippen LogP contribution in [0.1, 0.15) is 27.9 Å². The molecule has 0 saturated carbocycles. The Bertz CT molecular complexity index is 976. The van der Waals surface area contributed by atoms with Gasteiger partial charge in [-0.2, -0.15) is 0 Å². The maximum absolute atomic E-state index is 12.8. The lowest BCUT2D eigenvalue weighted by atomic mass is 9.97. The lowest BCUT2D eigenvalue weighted by molar-refractivity contribution is -0.140. The second-order valence-corrected chi connectivity index (χ2v) is 6.91. The van der Waals surface area contributed by atoms with E-state index in [-0.39, 0.29) is 35.7 Å². The molecule has 0 fully saturated rings. The zero-order valence-electron chi connectivity index (χ0n) is 14.6. The molecule has 6 heteroatoms. The Labute approximate surface area is 160 Å². The second-order valence-electron chi connectivity index (χ2n) is 5.96. The zero-order valence-corrected chi connectivity index (χ0v) is 15.5. The summed E-state index contributed by atoms with van der Waals surface area (Å²) in [7, 11) is 1.30. The molecular weight excluding hydrogens is 364 g/mol. The minimum Gasteiger partial charge on any atom is -0.508 e. The number of phenols is 2. The Morgan fingerprint density at radius 3 is 2.52 bits per heavy atom. The second kappa shape index (κ2) is 8.05. The standard InChI is InChI=1S/C21H18O5S/c1-26-20(24)9-6-13-11-15(5-8-17(13)22)21(25)16-7-4-14(12-18(16)23)19-3-2-10-27-19/h2-5,7-8,10-12,22-23H,6,9H2,1H3. The van der Waals surface area contributed by atoms with Crippen LogP contribution in [0.2, 0.25) is 0 Å². The molecule has 0 spiro atoms. The molecule has 0 unspecified atom stereocenters. The fraction of sp³-hybridized carbons (Fsp3) is 0.143. The molecule has 3 aromatic rings. The van der Waals surface area contributed by atoms with Gasteiger partial charge in [0.2, 0.25) is 0 Å². The molecule has 0 aliphatic carbocycles. The molecule has 1 aromatic heterocycles. The molecular formula is C21H18O5S. The van der Waals surface area contributed by atoms with Crippen LogP contribution in [-0.4, -0.2) is 29.1 Å². The van der Waals surface area contributed by atoms with Gasteiger partial charge in [-0.3, -0.25) is 9.59 Å². The van der Waals surface area contributed by atoms with Crippen LogP contribution in [0, 0.1) is 0 Å². The summed E-state index contributed by atoms with van der Waals surface area (Å²) in [6.45, 7) is 0. The fourth-order valence-electron chi connectivity index (χ4n) is 2.74. The minimum atomic E-state index is -0.395.